The minimum absolute atomic E-state index is 0.0583. The van der Waals surface area contributed by atoms with Gasteiger partial charge in [-0.3, -0.25) is 4.79 Å². The lowest BCUT2D eigenvalue weighted by Gasteiger charge is -2.30. The average molecular weight is 412 g/mol. The number of nitrogens with zero attached hydrogens (tertiary/aromatic N) is 1. The Kier molecular flexibility index (Phi) is 6.31. The number of morpholine rings is 1. The van der Waals surface area contributed by atoms with Gasteiger partial charge in [-0.15, -0.1) is 0 Å². The molecule has 5 nitrogen and oxygen atoms in total. The van der Waals surface area contributed by atoms with E-state index in [9.17, 15) is 14.0 Å². The molecular weight excluding hydrogens is 396 g/mol. The third-order valence-electron chi connectivity index (χ3n) is 4.10. The lowest BCUT2D eigenvalue weighted by atomic mass is 10.1. The Morgan fingerprint density at radius 3 is 2.41 bits per heavy atom. The van der Waals surface area contributed by atoms with Crippen LogP contribution in [0.3, 0.4) is 0 Å². The number of rotatable bonds is 4. The van der Waals surface area contributed by atoms with Crippen LogP contribution in [0.1, 0.15) is 22.0 Å². The minimum Gasteiger partial charge on any atom is -0.444 e. The molecule has 8 heteroatoms. The van der Waals surface area contributed by atoms with Gasteiger partial charge < -0.3 is 14.4 Å². The zero-order valence-corrected chi connectivity index (χ0v) is 15.7. The fraction of sp³-hybridized carbons (Fsp3) is 0.263. The van der Waals surface area contributed by atoms with E-state index in [1.165, 1.54) is 0 Å². The van der Waals surface area contributed by atoms with Crippen molar-refractivity contribution in [1.29, 1.82) is 0 Å². The van der Waals surface area contributed by atoms with Crippen molar-refractivity contribution in [3.8, 4) is 0 Å². The summed E-state index contributed by atoms with van der Waals surface area (Å²) in [6, 6.07) is 10.6. The molecule has 0 unspecified atom stereocenters. The van der Waals surface area contributed by atoms with E-state index in [-0.39, 0.29) is 21.5 Å². The van der Waals surface area contributed by atoms with Crippen LogP contribution in [0, 0.1) is 5.82 Å². The average Bonchev–Trinajstić information content (AvgIpc) is 2.69. The molecule has 0 bridgehead atoms. The Morgan fingerprint density at radius 1 is 1.07 bits per heavy atom. The predicted octanol–water partition coefficient (Wildman–Crippen LogP) is 3.89. The van der Waals surface area contributed by atoms with E-state index in [0.29, 0.717) is 31.9 Å². The third kappa shape index (κ3) is 4.58. The first-order valence-electron chi connectivity index (χ1n) is 8.24. The molecule has 3 rings (SSSR count). The molecule has 0 spiro atoms. The van der Waals surface area contributed by atoms with Crippen LogP contribution in [0.4, 0.5) is 4.39 Å². The Hall–Kier alpha value is -2.15. The minimum atomic E-state index is -1.17. The molecule has 1 amide bonds. The third-order valence-corrected chi connectivity index (χ3v) is 4.71. The largest absolute Gasteiger partial charge is 0.444 e. The number of benzene rings is 2. The molecule has 1 heterocycles. The Balaban J connectivity index is 1.88. The van der Waals surface area contributed by atoms with Crippen molar-refractivity contribution in [2.45, 2.75) is 6.10 Å². The van der Waals surface area contributed by atoms with Crippen LogP contribution >= 0.6 is 23.2 Å². The van der Waals surface area contributed by atoms with E-state index in [1.54, 1.807) is 35.2 Å². The summed E-state index contributed by atoms with van der Waals surface area (Å²) in [4.78, 5) is 27.1. The van der Waals surface area contributed by atoms with Gasteiger partial charge in [-0.2, -0.15) is 0 Å². The van der Waals surface area contributed by atoms with Crippen molar-refractivity contribution in [2.75, 3.05) is 26.3 Å². The molecule has 1 aliphatic heterocycles. The number of amides is 1. The lowest BCUT2D eigenvalue weighted by Crippen LogP contribution is -2.44. The summed E-state index contributed by atoms with van der Waals surface area (Å²) in [5.41, 5.74) is 0.308. The van der Waals surface area contributed by atoms with E-state index in [4.69, 9.17) is 32.7 Å². The zero-order chi connectivity index (χ0) is 19.4. The second-order valence-electron chi connectivity index (χ2n) is 5.88. The summed E-state index contributed by atoms with van der Waals surface area (Å²) in [5.74, 6) is -2.08. The van der Waals surface area contributed by atoms with Crippen molar-refractivity contribution >= 4 is 35.1 Å². The molecule has 1 fully saturated rings. The standard InChI is InChI=1S/C19H16Cl2FNO4/c20-14-11-15(21)16(22)10-13(14)19(25)27-17(12-4-2-1-3-5-12)18(24)23-6-8-26-9-7-23/h1-5,10-11,17H,6-9H2/t17-/m0/s1. The fourth-order valence-corrected chi connectivity index (χ4v) is 3.15. The molecule has 0 saturated carbocycles. The maximum absolute atomic E-state index is 13.7. The van der Waals surface area contributed by atoms with Gasteiger partial charge >= 0.3 is 5.97 Å². The highest BCUT2D eigenvalue weighted by Crippen LogP contribution is 2.28. The van der Waals surface area contributed by atoms with E-state index < -0.39 is 17.9 Å². The van der Waals surface area contributed by atoms with Gasteiger partial charge in [-0.25, -0.2) is 9.18 Å². The van der Waals surface area contributed by atoms with Gasteiger partial charge in [0.1, 0.15) is 5.82 Å². The Morgan fingerprint density at radius 2 is 1.74 bits per heavy atom. The van der Waals surface area contributed by atoms with Gasteiger partial charge in [-0.1, -0.05) is 53.5 Å². The number of hydrogen-bond donors (Lipinski definition) is 0. The second-order valence-corrected chi connectivity index (χ2v) is 6.69. The summed E-state index contributed by atoms with van der Waals surface area (Å²) in [5, 5.41) is -0.266. The highest BCUT2D eigenvalue weighted by Gasteiger charge is 2.31. The SMILES string of the molecule is O=C(O[C@H](C(=O)N1CCOCC1)c1ccccc1)c1cc(F)c(Cl)cc1Cl. The number of carbonyl (C=O) groups is 2. The summed E-state index contributed by atoms with van der Waals surface area (Å²) in [7, 11) is 0. The quantitative estimate of drug-likeness (QED) is 0.565. The molecule has 0 aromatic heterocycles. The van der Waals surface area contributed by atoms with Crippen molar-refractivity contribution in [2.24, 2.45) is 0 Å². The first-order chi connectivity index (χ1) is 13.0. The van der Waals surface area contributed by atoms with E-state index in [1.807, 2.05) is 0 Å². The molecule has 0 radical (unpaired) electrons. The molecule has 0 aliphatic carbocycles. The van der Waals surface area contributed by atoms with Gasteiger partial charge in [0, 0.05) is 18.7 Å². The molecule has 1 saturated heterocycles. The monoisotopic (exact) mass is 411 g/mol. The van der Waals surface area contributed by atoms with Crippen LogP contribution in [-0.2, 0) is 14.3 Å². The molecule has 27 heavy (non-hydrogen) atoms. The molecular formula is C19H16Cl2FNO4. The van der Waals surface area contributed by atoms with E-state index in [0.717, 1.165) is 12.1 Å². The van der Waals surface area contributed by atoms with Gasteiger partial charge in [0.15, 0.2) is 0 Å². The highest BCUT2D eigenvalue weighted by atomic mass is 35.5. The highest BCUT2D eigenvalue weighted by molar-refractivity contribution is 6.36. The number of halogens is 3. The maximum atomic E-state index is 13.7. The molecule has 142 valence electrons. The van der Waals surface area contributed by atoms with Gasteiger partial charge in [0.2, 0.25) is 6.10 Å². The number of esters is 1. The normalized spacial score (nSPS) is 15.3. The number of carbonyl (C=O) groups excluding carboxylic acids is 2. The van der Waals surface area contributed by atoms with Crippen LogP contribution < -0.4 is 0 Å². The summed E-state index contributed by atoms with van der Waals surface area (Å²) >= 11 is 11.7. The molecule has 0 N–H and O–H groups in total. The smallest absolute Gasteiger partial charge is 0.340 e. The van der Waals surface area contributed by atoms with E-state index in [2.05, 4.69) is 0 Å². The second kappa shape index (κ2) is 8.69. The van der Waals surface area contributed by atoms with E-state index >= 15 is 0 Å². The van der Waals surface area contributed by atoms with Crippen LogP contribution in [0.25, 0.3) is 0 Å². The van der Waals surface area contributed by atoms with Crippen molar-refractivity contribution < 1.29 is 23.5 Å². The predicted molar refractivity (Wildman–Crippen MR) is 98.4 cm³/mol. The molecule has 1 atom stereocenters. The maximum Gasteiger partial charge on any atom is 0.340 e. The molecule has 1 aliphatic rings. The first-order valence-corrected chi connectivity index (χ1v) is 9.00. The van der Waals surface area contributed by atoms with Crippen LogP contribution in [-0.4, -0.2) is 43.1 Å². The Bertz CT molecular complexity index is 841. The van der Waals surface area contributed by atoms with Gasteiger partial charge in [-0.05, 0) is 12.1 Å². The van der Waals surface area contributed by atoms with Crippen LogP contribution in [0.15, 0.2) is 42.5 Å². The van der Waals surface area contributed by atoms with Crippen molar-refractivity contribution in [3.05, 3.63) is 69.5 Å². The van der Waals surface area contributed by atoms with Crippen molar-refractivity contribution in [1.82, 2.24) is 4.90 Å². The van der Waals surface area contributed by atoms with Gasteiger partial charge in [0.05, 0.1) is 28.8 Å². The fourth-order valence-electron chi connectivity index (χ4n) is 2.69. The zero-order valence-electron chi connectivity index (χ0n) is 14.2. The first kappa shape index (κ1) is 19.6. The summed E-state index contributed by atoms with van der Waals surface area (Å²) in [6.07, 6.45) is -1.17. The number of hydrogen-bond acceptors (Lipinski definition) is 4. The lowest BCUT2D eigenvalue weighted by molar-refractivity contribution is -0.145. The number of ether oxygens (including phenoxy) is 2. The molecule has 2 aromatic rings. The van der Waals surface area contributed by atoms with Crippen LogP contribution in [0.2, 0.25) is 10.0 Å². The molecule has 2 aromatic carbocycles. The van der Waals surface area contributed by atoms with Crippen molar-refractivity contribution in [3.63, 3.8) is 0 Å². The van der Waals surface area contributed by atoms with Gasteiger partial charge in [0.25, 0.3) is 5.91 Å². The summed E-state index contributed by atoms with van der Waals surface area (Å²) < 4.78 is 24.4. The topological polar surface area (TPSA) is 55.8 Å². The Labute approximate surface area is 165 Å². The van der Waals surface area contributed by atoms with Crippen LogP contribution in [0.5, 0.6) is 0 Å². The summed E-state index contributed by atoms with van der Waals surface area (Å²) in [6.45, 7) is 1.62.